The van der Waals surface area contributed by atoms with Gasteiger partial charge in [0.15, 0.2) is 5.82 Å². The molecule has 0 aliphatic rings. The summed E-state index contributed by atoms with van der Waals surface area (Å²) in [5.74, 6) is 0.601. The average molecular weight is 346 g/mol. The van der Waals surface area contributed by atoms with Gasteiger partial charge in [-0.05, 0) is 29.7 Å². The molecule has 0 unspecified atom stereocenters. The van der Waals surface area contributed by atoms with E-state index in [0.717, 1.165) is 24.1 Å². The standard InChI is InChI=1S/C21H22N4O/c1-2-15-22-18-13-14-19(25-24-18)23-21(26)20(16-9-5-3-6-10-16)17-11-7-4-8-12-17/h3-14,20H,2,15H2,1H3,(H,22,24)(H,23,25,26). The van der Waals surface area contributed by atoms with E-state index < -0.39 is 5.92 Å². The zero-order valence-corrected chi connectivity index (χ0v) is 14.7. The van der Waals surface area contributed by atoms with Crippen molar-refractivity contribution in [2.75, 3.05) is 17.2 Å². The first-order valence-corrected chi connectivity index (χ1v) is 8.76. The lowest BCUT2D eigenvalue weighted by Gasteiger charge is -2.17. The second kappa shape index (κ2) is 8.76. The third-order valence-corrected chi connectivity index (χ3v) is 4.00. The molecule has 0 saturated heterocycles. The number of anilines is 2. The van der Waals surface area contributed by atoms with Crippen molar-refractivity contribution in [3.05, 3.63) is 83.9 Å². The number of hydrogen-bond acceptors (Lipinski definition) is 4. The van der Waals surface area contributed by atoms with E-state index in [-0.39, 0.29) is 5.91 Å². The van der Waals surface area contributed by atoms with Gasteiger partial charge in [-0.3, -0.25) is 4.79 Å². The zero-order valence-electron chi connectivity index (χ0n) is 14.7. The molecule has 3 rings (SSSR count). The van der Waals surface area contributed by atoms with Gasteiger partial charge < -0.3 is 10.6 Å². The smallest absolute Gasteiger partial charge is 0.237 e. The second-order valence-electron chi connectivity index (χ2n) is 5.97. The van der Waals surface area contributed by atoms with Gasteiger partial charge in [0.05, 0.1) is 5.92 Å². The lowest BCUT2D eigenvalue weighted by atomic mass is 9.90. The van der Waals surface area contributed by atoms with Gasteiger partial charge in [-0.25, -0.2) is 0 Å². The van der Waals surface area contributed by atoms with Crippen LogP contribution >= 0.6 is 0 Å². The van der Waals surface area contributed by atoms with E-state index in [1.54, 1.807) is 6.07 Å². The van der Waals surface area contributed by atoms with Crippen LogP contribution in [0.1, 0.15) is 30.4 Å². The summed E-state index contributed by atoms with van der Waals surface area (Å²) in [5.41, 5.74) is 1.87. The van der Waals surface area contributed by atoms with Gasteiger partial charge in [-0.1, -0.05) is 67.6 Å². The van der Waals surface area contributed by atoms with Crippen LogP contribution in [-0.2, 0) is 4.79 Å². The van der Waals surface area contributed by atoms with Crippen LogP contribution in [0.4, 0.5) is 11.6 Å². The molecular formula is C21H22N4O. The van der Waals surface area contributed by atoms with Crippen LogP contribution in [0, 0.1) is 0 Å². The monoisotopic (exact) mass is 346 g/mol. The van der Waals surface area contributed by atoms with Gasteiger partial charge in [0.2, 0.25) is 5.91 Å². The number of amides is 1. The van der Waals surface area contributed by atoms with Gasteiger partial charge >= 0.3 is 0 Å². The molecule has 2 aromatic carbocycles. The minimum absolute atomic E-state index is 0.133. The fourth-order valence-corrected chi connectivity index (χ4v) is 2.73. The molecule has 26 heavy (non-hydrogen) atoms. The molecule has 5 nitrogen and oxygen atoms in total. The molecule has 0 aliphatic carbocycles. The highest BCUT2D eigenvalue weighted by Crippen LogP contribution is 2.26. The SMILES string of the molecule is CCCNc1ccc(NC(=O)C(c2ccccc2)c2ccccc2)nn1. The molecule has 5 heteroatoms. The van der Waals surface area contributed by atoms with Crippen molar-refractivity contribution in [2.45, 2.75) is 19.3 Å². The largest absolute Gasteiger partial charge is 0.369 e. The van der Waals surface area contributed by atoms with Gasteiger partial charge in [-0.15, -0.1) is 10.2 Å². The van der Waals surface area contributed by atoms with Crippen LogP contribution in [0.25, 0.3) is 0 Å². The number of rotatable bonds is 7. The summed E-state index contributed by atoms with van der Waals surface area (Å²) in [6, 6.07) is 23.0. The number of nitrogens with one attached hydrogen (secondary N) is 2. The van der Waals surface area contributed by atoms with E-state index >= 15 is 0 Å². The number of aromatic nitrogens is 2. The molecule has 2 N–H and O–H groups in total. The molecule has 1 amide bonds. The summed E-state index contributed by atoms with van der Waals surface area (Å²) >= 11 is 0. The number of carbonyl (C=O) groups is 1. The Labute approximate surface area is 153 Å². The van der Waals surface area contributed by atoms with E-state index in [4.69, 9.17) is 0 Å². The Bertz CT molecular complexity index is 780. The summed E-state index contributed by atoms with van der Waals surface area (Å²) in [6.07, 6.45) is 1.01. The van der Waals surface area contributed by atoms with Crippen LogP contribution in [0.5, 0.6) is 0 Å². The molecule has 0 spiro atoms. The Kier molecular flexibility index (Phi) is 5.93. The molecule has 3 aromatic rings. The Morgan fingerprint density at radius 1 is 0.846 bits per heavy atom. The maximum atomic E-state index is 13.0. The number of benzene rings is 2. The highest BCUT2D eigenvalue weighted by Gasteiger charge is 2.23. The Morgan fingerprint density at radius 3 is 1.88 bits per heavy atom. The van der Waals surface area contributed by atoms with Crippen molar-refractivity contribution in [1.82, 2.24) is 10.2 Å². The maximum Gasteiger partial charge on any atom is 0.237 e. The van der Waals surface area contributed by atoms with Crippen LogP contribution in [0.15, 0.2) is 72.8 Å². The van der Waals surface area contributed by atoms with Crippen LogP contribution in [-0.4, -0.2) is 22.6 Å². The molecule has 0 saturated carbocycles. The van der Waals surface area contributed by atoms with E-state index in [1.165, 1.54) is 0 Å². The first kappa shape index (κ1) is 17.6. The lowest BCUT2D eigenvalue weighted by Crippen LogP contribution is -2.23. The molecule has 0 fully saturated rings. The molecule has 0 radical (unpaired) electrons. The fraction of sp³-hybridized carbons (Fsp3) is 0.190. The topological polar surface area (TPSA) is 66.9 Å². The molecule has 1 heterocycles. The minimum Gasteiger partial charge on any atom is -0.369 e. The summed E-state index contributed by atoms with van der Waals surface area (Å²) in [6.45, 7) is 2.92. The molecule has 1 aromatic heterocycles. The van der Waals surface area contributed by atoms with Gasteiger partial charge in [-0.2, -0.15) is 0 Å². The summed E-state index contributed by atoms with van der Waals surface area (Å²) in [5, 5.41) is 14.2. The minimum atomic E-state index is -0.405. The van der Waals surface area contributed by atoms with Crippen molar-refractivity contribution in [3.8, 4) is 0 Å². The summed E-state index contributed by atoms with van der Waals surface area (Å²) < 4.78 is 0. The van der Waals surface area contributed by atoms with Crippen molar-refractivity contribution >= 4 is 17.5 Å². The van der Waals surface area contributed by atoms with E-state index in [0.29, 0.717) is 11.6 Å². The van der Waals surface area contributed by atoms with Crippen molar-refractivity contribution < 1.29 is 4.79 Å². The van der Waals surface area contributed by atoms with E-state index in [9.17, 15) is 4.79 Å². The van der Waals surface area contributed by atoms with Crippen molar-refractivity contribution in [1.29, 1.82) is 0 Å². The van der Waals surface area contributed by atoms with Gasteiger partial charge in [0.25, 0.3) is 0 Å². The highest BCUT2D eigenvalue weighted by molar-refractivity contribution is 5.97. The highest BCUT2D eigenvalue weighted by atomic mass is 16.2. The predicted octanol–water partition coefficient (Wildman–Crippen LogP) is 4.07. The molecule has 0 aliphatic heterocycles. The third kappa shape index (κ3) is 4.45. The zero-order chi connectivity index (χ0) is 18.2. The number of nitrogens with zero attached hydrogens (tertiary/aromatic N) is 2. The maximum absolute atomic E-state index is 13.0. The Morgan fingerprint density at radius 2 is 1.38 bits per heavy atom. The van der Waals surface area contributed by atoms with E-state index in [1.807, 2.05) is 66.7 Å². The molecule has 0 atom stereocenters. The first-order chi connectivity index (χ1) is 12.8. The van der Waals surface area contributed by atoms with Crippen molar-refractivity contribution in [2.24, 2.45) is 0 Å². The summed E-state index contributed by atoms with van der Waals surface area (Å²) in [7, 11) is 0. The van der Waals surface area contributed by atoms with Crippen LogP contribution in [0.2, 0.25) is 0 Å². The molecule has 132 valence electrons. The van der Waals surface area contributed by atoms with Crippen LogP contribution in [0.3, 0.4) is 0 Å². The van der Waals surface area contributed by atoms with Gasteiger partial charge in [0.1, 0.15) is 5.82 Å². The van der Waals surface area contributed by atoms with E-state index in [2.05, 4.69) is 27.8 Å². The Hall–Kier alpha value is -3.21. The summed E-state index contributed by atoms with van der Waals surface area (Å²) in [4.78, 5) is 13.0. The first-order valence-electron chi connectivity index (χ1n) is 8.76. The normalized spacial score (nSPS) is 10.5. The fourth-order valence-electron chi connectivity index (χ4n) is 2.73. The third-order valence-electron chi connectivity index (χ3n) is 4.00. The molecular weight excluding hydrogens is 324 g/mol. The number of hydrogen-bond donors (Lipinski definition) is 2. The quantitative estimate of drug-likeness (QED) is 0.677. The lowest BCUT2D eigenvalue weighted by molar-refractivity contribution is -0.116. The van der Waals surface area contributed by atoms with Gasteiger partial charge in [0, 0.05) is 6.54 Å². The second-order valence-corrected chi connectivity index (χ2v) is 5.97. The van der Waals surface area contributed by atoms with Crippen LogP contribution < -0.4 is 10.6 Å². The number of carbonyl (C=O) groups excluding carboxylic acids is 1. The predicted molar refractivity (Wildman–Crippen MR) is 104 cm³/mol. The molecule has 0 bridgehead atoms. The van der Waals surface area contributed by atoms with Crippen molar-refractivity contribution in [3.63, 3.8) is 0 Å². The Balaban J connectivity index is 1.80. The average Bonchev–Trinajstić information content (AvgIpc) is 2.69.